The van der Waals surface area contributed by atoms with Gasteiger partial charge in [0, 0.05) is 11.4 Å². The fourth-order valence-electron chi connectivity index (χ4n) is 5.02. The van der Waals surface area contributed by atoms with E-state index in [1.807, 2.05) is 54.6 Å². The molecule has 4 aromatic rings. The first kappa shape index (κ1) is 25.4. The van der Waals surface area contributed by atoms with Crippen LogP contribution in [0.25, 0.3) is 22.0 Å². The highest BCUT2D eigenvalue weighted by Gasteiger charge is 2.28. The third kappa shape index (κ3) is 5.66. The van der Waals surface area contributed by atoms with Gasteiger partial charge in [-0.25, -0.2) is 0 Å². The van der Waals surface area contributed by atoms with Crippen molar-refractivity contribution < 1.29 is 28.2 Å². The van der Waals surface area contributed by atoms with E-state index < -0.39 is 24.4 Å². The number of hydrogen-bond donors (Lipinski definition) is 2. The van der Waals surface area contributed by atoms with Crippen LogP contribution in [0, 0.1) is 5.92 Å². The highest BCUT2D eigenvalue weighted by atomic mass is 19.3. The van der Waals surface area contributed by atoms with E-state index in [4.69, 9.17) is 0 Å². The summed E-state index contributed by atoms with van der Waals surface area (Å²) in [5.41, 5.74) is 3.82. The Kier molecular flexibility index (Phi) is 7.35. The largest absolute Gasteiger partial charge is 0.481 e. The molecule has 5 rings (SSSR count). The zero-order valence-electron chi connectivity index (χ0n) is 20.5. The van der Waals surface area contributed by atoms with Crippen molar-refractivity contribution in [3.63, 3.8) is 0 Å². The SMILES string of the molecule is O=C(NC1CCC(C(=O)O)CC1)c1cc(OC(F)F)cc2cnn(Cc3ccc(-c4ccccc4)cc3)c12. The van der Waals surface area contributed by atoms with Crippen LogP contribution in [0.3, 0.4) is 0 Å². The van der Waals surface area contributed by atoms with E-state index in [-0.39, 0.29) is 17.4 Å². The summed E-state index contributed by atoms with van der Waals surface area (Å²) in [6.45, 7) is -2.66. The van der Waals surface area contributed by atoms with Gasteiger partial charge in [-0.15, -0.1) is 0 Å². The minimum atomic E-state index is -3.03. The number of alkyl halides is 2. The lowest BCUT2D eigenvalue weighted by Crippen LogP contribution is -2.39. The number of rotatable bonds is 8. The molecule has 0 unspecified atom stereocenters. The average molecular weight is 520 g/mol. The second-order valence-electron chi connectivity index (χ2n) is 9.51. The van der Waals surface area contributed by atoms with Crippen molar-refractivity contribution >= 4 is 22.8 Å². The van der Waals surface area contributed by atoms with Crippen molar-refractivity contribution in [1.82, 2.24) is 15.1 Å². The second kappa shape index (κ2) is 11.0. The highest BCUT2D eigenvalue weighted by molar-refractivity contribution is 6.06. The van der Waals surface area contributed by atoms with Gasteiger partial charge in [0.25, 0.3) is 5.91 Å². The average Bonchev–Trinajstić information content (AvgIpc) is 3.31. The minimum Gasteiger partial charge on any atom is -0.481 e. The van der Waals surface area contributed by atoms with Crippen LogP contribution in [0.5, 0.6) is 5.75 Å². The lowest BCUT2D eigenvalue weighted by molar-refractivity contribution is -0.142. The van der Waals surface area contributed by atoms with Crippen molar-refractivity contribution in [3.05, 3.63) is 84.1 Å². The number of amides is 1. The second-order valence-corrected chi connectivity index (χ2v) is 9.51. The monoisotopic (exact) mass is 519 g/mol. The molecule has 1 amide bonds. The number of fused-ring (bicyclic) bond motifs is 1. The molecule has 0 saturated heterocycles. The first-order valence-electron chi connectivity index (χ1n) is 12.5. The fraction of sp³-hybridized carbons (Fsp3) is 0.276. The smallest absolute Gasteiger partial charge is 0.387 e. The number of carboxylic acid groups (broad SMARTS) is 1. The predicted molar refractivity (Wildman–Crippen MR) is 138 cm³/mol. The zero-order chi connectivity index (χ0) is 26.6. The molecule has 1 aromatic heterocycles. The first-order valence-corrected chi connectivity index (χ1v) is 12.5. The molecule has 1 saturated carbocycles. The quantitative estimate of drug-likeness (QED) is 0.310. The van der Waals surface area contributed by atoms with Crippen LogP contribution in [0.2, 0.25) is 0 Å². The van der Waals surface area contributed by atoms with E-state index in [0.29, 0.717) is 43.1 Å². The molecule has 196 valence electrons. The third-order valence-corrected chi connectivity index (χ3v) is 6.98. The number of benzene rings is 3. The predicted octanol–water partition coefficient (Wildman–Crippen LogP) is 5.73. The number of carbonyl (C=O) groups is 2. The molecule has 38 heavy (non-hydrogen) atoms. The molecule has 1 fully saturated rings. The Balaban J connectivity index is 1.41. The van der Waals surface area contributed by atoms with Gasteiger partial charge in [0.1, 0.15) is 5.75 Å². The van der Waals surface area contributed by atoms with Crippen molar-refractivity contribution in [2.75, 3.05) is 0 Å². The maximum atomic E-state index is 13.4. The summed E-state index contributed by atoms with van der Waals surface area (Å²) < 4.78 is 32.3. The molecule has 0 atom stereocenters. The standard InChI is InChI=1S/C29H27F2N3O4/c30-29(31)38-24-14-22-16-32-34(17-18-6-8-20(9-7-18)19-4-2-1-3-5-19)26(22)25(15-24)27(35)33-23-12-10-21(11-13-23)28(36)37/h1-9,14-16,21,23,29H,10-13,17H2,(H,33,35)(H,36,37). The van der Waals surface area contributed by atoms with E-state index in [2.05, 4.69) is 15.2 Å². The number of carbonyl (C=O) groups excluding carboxylic acids is 1. The van der Waals surface area contributed by atoms with Crippen molar-refractivity contribution in [2.45, 2.75) is 44.9 Å². The molecule has 0 radical (unpaired) electrons. The molecule has 2 N–H and O–H groups in total. The van der Waals surface area contributed by atoms with Gasteiger partial charge in [-0.3, -0.25) is 14.3 Å². The van der Waals surface area contributed by atoms with Crippen LogP contribution >= 0.6 is 0 Å². The molecule has 1 aliphatic carbocycles. The van der Waals surface area contributed by atoms with Gasteiger partial charge >= 0.3 is 12.6 Å². The summed E-state index contributed by atoms with van der Waals surface area (Å²) >= 11 is 0. The summed E-state index contributed by atoms with van der Waals surface area (Å²) in [6.07, 6.45) is 3.54. The van der Waals surface area contributed by atoms with Gasteiger partial charge in [-0.2, -0.15) is 13.9 Å². The molecular formula is C29H27F2N3O4. The fourth-order valence-corrected chi connectivity index (χ4v) is 5.02. The molecule has 1 aliphatic rings. The highest BCUT2D eigenvalue weighted by Crippen LogP contribution is 2.29. The van der Waals surface area contributed by atoms with E-state index in [9.17, 15) is 23.5 Å². The van der Waals surface area contributed by atoms with Crippen molar-refractivity contribution in [3.8, 4) is 16.9 Å². The summed E-state index contributed by atoms with van der Waals surface area (Å²) in [7, 11) is 0. The summed E-state index contributed by atoms with van der Waals surface area (Å²) in [4.78, 5) is 24.6. The molecule has 9 heteroatoms. The van der Waals surface area contributed by atoms with E-state index in [1.54, 1.807) is 4.68 Å². The number of hydrogen-bond acceptors (Lipinski definition) is 4. The third-order valence-electron chi connectivity index (χ3n) is 6.98. The topological polar surface area (TPSA) is 93.5 Å². The minimum absolute atomic E-state index is 0.126. The van der Waals surface area contributed by atoms with Crippen molar-refractivity contribution in [2.24, 2.45) is 5.92 Å². The molecule has 3 aromatic carbocycles. The Labute approximate surface area is 218 Å². The van der Waals surface area contributed by atoms with E-state index >= 15 is 0 Å². The number of ether oxygens (including phenoxy) is 1. The van der Waals surface area contributed by atoms with E-state index in [0.717, 1.165) is 16.7 Å². The summed E-state index contributed by atoms with van der Waals surface area (Å²) in [5.74, 6) is -1.80. The Morgan fingerprint density at radius 1 is 1.00 bits per heavy atom. The van der Waals surface area contributed by atoms with Gasteiger partial charge in [-0.05, 0) is 54.5 Å². The van der Waals surface area contributed by atoms with Crippen LogP contribution < -0.4 is 10.1 Å². The normalized spacial score (nSPS) is 17.4. The van der Waals surface area contributed by atoms with E-state index in [1.165, 1.54) is 18.3 Å². The van der Waals surface area contributed by atoms with Gasteiger partial charge in [0.05, 0.1) is 29.7 Å². The Hall–Kier alpha value is -4.27. The zero-order valence-corrected chi connectivity index (χ0v) is 20.5. The van der Waals surface area contributed by atoms with Crippen LogP contribution in [0.1, 0.15) is 41.6 Å². The number of carboxylic acids is 1. The summed E-state index contributed by atoms with van der Waals surface area (Å²) in [6, 6.07) is 20.6. The Morgan fingerprint density at radius 2 is 1.68 bits per heavy atom. The first-order chi connectivity index (χ1) is 18.4. The van der Waals surface area contributed by atoms with Gasteiger partial charge in [0.2, 0.25) is 0 Å². The van der Waals surface area contributed by atoms with Crippen LogP contribution in [0.4, 0.5) is 8.78 Å². The number of halogens is 2. The molecule has 7 nitrogen and oxygen atoms in total. The molecule has 0 spiro atoms. The molecule has 1 heterocycles. The van der Waals surface area contributed by atoms with Crippen LogP contribution in [-0.2, 0) is 11.3 Å². The van der Waals surface area contributed by atoms with Crippen LogP contribution in [-0.4, -0.2) is 39.4 Å². The number of aromatic nitrogens is 2. The lowest BCUT2D eigenvalue weighted by Gasteiger charge is -2.27. The molecule has 0 aliphatic heterocycles. The van der Waals surface area contributed by atoms with Crippen LogP contribution in [0.15, 0.2) is 72.9 Å². The maximum absolute atomic E-state index is 13.4. The number of nitrogens with one attached hydrogen (secondary N) is 1. The number of aliphatic carboxylic acids is 1. The van der Waals surface area contributed by atoms with Crippen molar-refractivity contribution in [1.29, 1.82) is 0 Å². The molecule has 0 bridgehead atoms. The maximum Gasteiger partial charge on any atom is 0.387 e. The molecular weight excluding hydrogens is 492 g/mol. The van der Waals surface area contributed by atoms with Gasteiger partial charge in [0.15, 0.2) is 0 Å². The Bertz CT molecular complexity index is 1430. The summed E-state index contributed by atoms with van der Waals surface area (Å²) in [5, 5.41) is 17.1. The number of nitrogens with zero attached hydrogens (tertiary/aromatic N) is 2. The van der Waals surface area contributed by atoms with Gasteiger partial charge in [-0.1, -0.05) is 54.6 Å². The van der Waals surface area contributed by atoms with Gasteiger partial charge < -0.3 is 15.2 Å². The Morgan fingerprint density at radius 3 is 2.34 bits per heavy atom. The lowest BCUT2D eigenvalue weighted by atomic mass is 9.86.